The molecular formula is C10H17NO. The van der Waals surface area contributed by atoms with E-state index in [1.165, 1.54) is 0 Å². The summed E-state index contributed by atoms with van der Waals surface area (Å²) in [6, 6.07) is 0. The second kappa shape index (κ2) is 8.21. The maximum atomic E-state index is 10.0. The topological polar surface area (TPSA) is 20.3 Å². The molecule has 0 aliphatic rings. The van der Waals surface area contributed by atoms with Crippen molar-refractivity contribution in [3.05, 3.63) is 25.3 Å². The summed E-state index contributed by atoms with van der Waals surface area (Å²) in [7, 11) is 0. The van der Waals surface area contributed by atoms with Crippen LogP contribution in [0.2, 0.25) is 0 Å². The van der Waals surface area contributed by atoms with Gasteiger partial charge in [-0.3, -0.25) is 4.90 Å². The Morgan fingerprint density at radius 1 is 1.17 bits per heavy atom. The van der Waals surface area contributed by atoms with E-state index < -0.39 is 0 Å². The van der Waals surface area contributed by atoms with Crippen LogP contribution in [0.25, 0.3) is 0 Å². The van der Waals surface area contributed by atoms with Gasteiger partial charge in [-0.15, -0.1) is 13.2 Å². The first kappa shape index (κ1) is 11.1. The molecule has 0 unspecified atom stereocenters. The predicted octanol–water partition coefficient (Wildman–Crippen LogP) is 1.64. The number of carbonyl (C=O) groups is 1. The van der Waals surface area contributed by atoms with E-state index in [0.29, 0.717) is 6.42 Å². The largest absolute Gasteiger partial charge is 0.303 e. The van der Waals surface area contributed by atoms with Gasteiger partial charge in [0.1, 0.15) is 6.29 Å². The number of nitrogens with zero attached hydrogens (tertiary/aromatic N) is 1. The zero-order chi connectivity index (χ0) is 9.23. The first-order valence-electron chi connectivity index (χ1n) is 4.23. The summed E-state index contributed by atoms with van der Waals surface area (Å²) >= 11 is 0. The van der Waals surface area contributed by atoms with Gasteiger partial charge in [0.25, 0.3) is 0 Å². The quantitative estimate of drug-likeness (QED) is 0.311. The van der Waals surface area contributed by atoms with Crippen molar-refractivity contribution in [3.8, 4) is 0 Å². The Kier molecular flexibility index (Phi) is 7.60. The number of rotatable bonds is 8. The van der Waals surface area contributed by atoms with Crippen LogP contribution >= 0.6 is 0 Å². The Morgan fingerprint density at radius 2 is 1.75 bits per heavy atom. The molecule has 0 radical (unpaired) electrons. The van der Waals surface area contributed by atoms with Gasteiger partial charge in [-0.1, -0.05) is 12.2 Å². The minimum Gasteiger partial charge on any atom is -0.303 e. The Bertz CT molecular complexity index is 133. The van der Waals surface area contributed by atoms with Gasteiger partial charge in [0.2, 0.25) is 0 Å². The standard InChI is InChI=1S/C10H17NO/c1-3-7-11(8-4-2)9-5-6-10-12/h3-4,10H,1-2,5-9H2. The van der Waals surface area contributed by atoms with E-state index in [2.05, 4.69) is 18.1 Å². The summed E-state index contributed by atoms with van der Waals surface area (Å²) in [6.45, 7) is 10.0. The second-order valence-corrected chi connectivity index (χ2v) is 2.65. The van der Waals surface area contributed by atoms with Gasteiger partial charge in [-0.2, -0.15) is 0 Å². The molecule has 0 N–H and O–H groups in total. The zero-order valence-corrected chi connectivity index (χ0v) is 7.54. The molecule has 0 bridgehead atoms. The summed E-state index contributed by atoms with van der Waals surface area (Å²) in [6.07, 6.45) is 6.25. The van der Waals surface area contributed by atoms with E-state index in [4.69, 9.17) is 0 Å². The Morgan fingerprint density at radius 3 is 2.17 bits per heavy atom. The number of unbranched alkanes of at least 4 members (excludes halogenated alkanes) is 1. The van der Waals surface area contributed by atoms with Crippen molar-refractivity contribution >= 4 is 6.29 Å². The molecule has 12 heavy (non-hydrogen) atoms. The number of hydrogen-bond acceptors (Lipinski definition) is 2. The number of carbonyl (C=O) groups excluding carboxylic acids is 1. The highest BCUT2D eigenvalue weighted by Crippen LogP contribution is 1.94. The lowest BCUT2D eigenvalue weighted by Gasteiger charge is -2.17. The lowest BCUT2D eigenvalue weighted by molar-refractivity contribution is -0.108. The Hall–Kier alpha value is -0.890. The van der Waals surface area contributed by atoms with Gasteiger partial charge in [-0.05, 0) is 13.0 Å². The third-order valence-corrected chi connectivity index (χ3v) is 1.57. The van der Waals surface area contributed by atoms with Crippen LogP contribution in [0.15, 0.2) is 25.3 Å². The van der Waals surface area contributed by atoms with Gasteiger partial charge < -0.3 is 4.79 Å². The molecule has 0 aromatic heterocycles. The van der Waals surface area contributed by atoms with Crippen LogP contribution in [0.3, 0.4) is 0 Å². The maximum absolute atomic E-state index is 10.0. The Balaban J connectivity index is 3.53. The minimum atomic E-state index is 0.644. The summed E-state index contributed by atoms with van der Waals surface area (Å²) in [5.41, 5.74) is 0. The molecule has 0 fully saturated rings. The van der Waals surface area contributed by atoms with Crippen molar-refractivity contribution in [2.45, 2.75) is 12.8 Å². The molecule has 0 saturated heterocycles. The summed E-state index contributed by atoms with van der Waals surface area (Å²) < 4.78 is 0. The summed E-state index contributed by atoms with van der Waals surface area (Å²) in [5.74, 6) is 0. The highest BCUT2D eigenvalue weighted by Gasteiger charge is 1.98. The maximum Gasteiger partial charge on any atom is 0.120 e. The molecule has 0 atom stereocenters. The van der Waals surface area contributed by atoms with Crippen molar-refractivity contribution < 1.29 is 4.79 Å². The fourth-order valence-corrected chi connectivity index (χ4v) is 1.02. The molecular weight excluding hydrogens is 150 g/mol. The van der Waals surface area contributed by atoms with E-state index >= 15 is 0 Å². The van der Waals surface area contributed by atoms with Crippen molar-refractivity contribution in [2.75, 3.05) is 19.6 Å². The fourth-order valence-electron chi connectivity index (χ4n) is 1.02. The third-order valence-electron chi connectivity index (χ3n) is 1.57. The molecule has 0 rings (SSSR count). The van der Waals surface area contributed by atoms with Crippen molar-refractivity contribution in [3.63, 3.8) is 0 Å². The summed E-state index contributed by atoms with van der Waals surface area (Å²) in [5, 5.41) is 0. The van der Waals surface area contributed by atoms with Gasteiger partial charge >= 0.3 is 0 Å². The van der Waals surface area contributed by atoms with Crippen molar-refractivity contribution in [1.29, 1.82) is 0 Å². The van der Waals surface area contributed by atoms with E-state index in [1.807, 2.05) is 12.2 Å². The molecule has 0 amide bonds. The molecule has 0 aliphatic carbocycles. The monoisotopic (exact) mass is 167 g/mol. The van der Waals surface area contributed by atoms with E-state index in [0.717, 1.165) is 32.3 Å². The molecule has 0 spiro atoms. The second-order valence-electron chi connectivity index (χ2n) is 2.65. The highest BCUT2D eigenvalue weighted by molar-refractivity contribution is 5.48. The van der Waals surface area contributed by atoms with Crippen LogP contribution in [0.4, 0.5) is 0 Å². The molecule has 0 heterocycles. The Labute approximate surface area is 74.6 Å². The average molecular weight is 167 g/mol. The lowest BCUT2D eigenvalue weighted by atomic mass is 10.3. The predicted molar refractivity (Wildman–Crippen MR) is 52.1 cm³/mol. The van der Waals surface area contributed by atoms with Crippen LogP contribution in [0.1, 0.15) is 12.8 Å². The van der Waals surface area contributed by atoms with Gasteiger partial charge in [-0.25, -0.2) is 0 Å². The van der Waals surface area contributed by atoms with Crippen LogP contribution in [-0.4, -0.2) is 30.8 Å². The highest BCUT2D eigenvalue weighted by atomic mass is 16.1. The van der Waals surface area contributed by atoms with Crippen molar-refractivity contribution in [1.82, 2.24) is 4.90 Å². The molecule has 0 saturated carbocycles. The van der Waals surface area contributed by atoms with Crippen LogP contribution in [0, 0.1) is 0 Å². The molecule has 0 aliphatic heterocycles. The first-order chi connectivity index (χ1) is 5.85. The molecule has 68 valence electrons. The third kappa shape index (κ3) is 5.86. The van der Waals surface area contributed by atoms with Crippen LogP contribution in [0.5, 0.6) is 0 Å². The van der Waals surface area contributed by atoms with Crippen LogP contribution in [-0.2, 0) is 4.79 Å². The smallest absolute Gasteiger partial charge is 0.120 e. The lowest BCUT2D eigenvalue weighted by Crippen LogP contribution is -2.25. The van der Waals surface area contributed by atoms with E-state index in [-0.39, 0.29) is 0 Å². The summed E-state index contributed by atoms with van der Waals surface area (Å²) in [4.78, 5) is 12.2. The van der Waals surface area contributed by atoms with E-state index in [9.17, 15) is 4.79 Å². The minimum absolute atomic E-state index is 0.644. The van der Waals surface area contributed by atoms with Gasteiger partial charge in [0.05, 0.1) is 0 Å². The van der Waals surface area contributed by atoms with Crippen molar-refractivity contribution in [2.24, 2.45) is 0 Å². The molecule has 0 aromatic rings. The molecule has 2 nitrogen and oxygen atoms in total. The molecule has 2 heteroatoms. The van der Waals surface area contributed by atoms with E-state index in [1.54, 1.807) is 0 Å². The SMILES string of the molecule is C=CCN(CC=C)CCCC=O. The van der Waals surface area contributed by atoms with Gasteiger partial charge in [0.15, 0.2) is 0 Å². The molecule has 0 aromatic carbocycles. The average Bonchev–Trinajstić information content (AvgIpc) is 2.06. The number of hydrogen-bond donors (Lipinski definition) is 0. The normalized spacial score (nSPS) is 9.75. The fraction of sp³-hybridized carbons (Fsp3) is 0.500. The van der Waals surface area contributed by atoms with Crippen LogP contribution < -0.4 is 0 Å². The zero-order valence-electron chi connectivity index (χ0n) is 7.54. The first-order valence-corrected chi connectivity index (χ1v) is 4.23. The number of aldehydes is 1. The van der Waals surface area contributed by atoms with Gasteiger partial charge in [0, 0.05) is 19.5 Å².